The number of hydrogen-bond donors (Lipinski definition) is 1. The van der Waals surface area contributed by atoms with Crippen molar-refractivity contribution in [3.05, 3.63) is 28.5 Å². The molecule has 1 aromatic rings. The van der Waals surface area contributed by atoms with Gasteiger partial charge in [-0.25, -0.2) is 4.39 Å². The predicted octanol–water partition coefficient (Wildman–Crippen LogP) is 2.61. The molecule has 0 saturated carbocycles. The van der Waals surface area contributed by atoms with E-state index in [9.17, 15) is 14.0 Å². The molecule has 1 atom stereocenters. The maximum Gasteiger partial charge on any atom is 0.253 e. The topological polar surface area (TPSA) is 49.4 Å². The molecule has 1 aromatic carbocycles. The zero-order valence-electron chi connectivity index (χ0n) is 11.5. The summed E-state index contributed by atoms with van der Waals surface area (Å²) in [6, 6.07) is 3.77. The van der Waals surface area contributed by atoms with E-state index >= 15 is 0 Å². The first-order valence-electron chi connectivity index (χ1n) is 6.39. The second-order valence-electron chi connectivity index (χ2n) is 5.28. The van der Waals surface area contributed by atoms with Crippen LogP contribution in [-0.2, 0) is 9.59 Å². The van der Waals surface area contributed by atoms with Crippen molar-refractivity contribution in [3.8, 4) is 0 Å². The lowest BCUT2D eigenvalue weighted by molar-refractivity contribution is -0.137. The number of anilines is 1. The lowest BCUT2D eigenvalue weighted by Gasteiger charge is -2.42. The Morgan fingerprint density at radius 2 is 2.05 bits per heavy atom. The van der Waals surface area contributed by atoms with Gasteiger partial charge < -0.3 is 5.32 Å². The molecule has 2 amide bonds. The molecular formula is C14H16BrFN2O2. The van der Waals surface area contributed by atoms with Crippen molar-refractivity contribution < 1.29 is 14.0 Å². The van der Waals surface area contributed by atoms with Crippen LogP contribution in [0.4, 0.5) is 10.1 Å². The molecule has 2 rings (SSSR count). The van der Waals surface area contributed by atoms with Gasteiger partial charge in [0.05, 0.1) is 5.69 Å². The van der Waals surface area contributed by atoms with Gasteiger partial charge in [0.1, 0.15) is 17.4 Å². The van der Waals surface area contributed by atoms with Crippen molar-refractivity contribution in [1.29, 1.82) is 0 Å². The Bertz CT molecular complexity index is 554. The van der Waals surface area contributed by atoms with Gasteiger partial charge in [-0.05, 0) is 48.3 Å². The highest BCUT2D eigenvalue weighted by Crippen LogP contribution is 2.34. The van der Waals surface area contributed by atoms with Crippen LogP contribution in [0, 0.1) is 5.82 Å². The quantitative estimate of drug-likeness (QED) is 0.898. The van der Waals surface area contributed by atoms with Crippen LogP contribution in [0.15, 0.2) is 22.7 Å². The monoisotopic (exact) mass is 342 g/mol. The third-order valence-corrected chi connectivity index (χ3v) is 4.01. The SMILES string of the molecule is CCC1C(=O)NC(C)(C)C(=O)N1c1c(F)cccc1Br. The van der Waals surface area contributed by atoms with Crippen LogP contribution < -0.4 is 10.2 Å². The number of carbonyl (C=O) groups is 2. The summed E-state index contributed by atoms with van der Waals surface area (Å²) in [5.74, 6) is -1.13. The first-order valence-corrected chi connectivity index (χ1v) is 7.18. The second kappa shape index (κ2) is 5.16. The summed E-state index contributed by atoms with van der Waals surface area (Å²) in [6.07, 6.45) is 0.411. The Kier molecular flexibility index (Phi) is 3.86. The fourth-order valence-electron chi connectivity index (χ4n) is 2.35. The van der Waals surface area contributed by atoms with Gasteiger partial charge in [-0.15, -0.1) is 0 Å². The Morgan fingerprint density at radius 3 is 2.60 bits per heavy atom. The molecule has 0 aromatic heterocycles. The molecule has 0 spiro atoms. The molecule has 0 radical (unpaired) electrons. The van der Waals surface area contributed by atoms with Crippen LogP contribution in [0.3, 0.4) is 0 Å². The molecule has 108 valence electrons. The molecule has 0 bridgehead atoms. The Morgan fingerprint density at radius 1 is 1.40 bits per heavy atom. The van der Waals surface area contributed by atoms with Gasteiger partial charge in [-0.2, -0.15) is 0 Å². The predicted molar refractivity (Wildman–Crippen MR) is 77.9 cm³/mol. The molecule has 20 heavy (non-hydrogen) atoms. The number of para-hydroxylation sites is 1. The summed E-state index contributed by atoms with van der Waals surface area (Å²) in [4.78, 5) is 26.0. The van der Waals surface area contributed by atoms with Crippen molar-refractivity contribution in [2.45, 2.75) is 38.8 Å². The van der Waals surface area contributed by atoms with Gasteiger partial charge in [-0.1, -0.05) is 13.0 Å². The van der Waals surface area contributed by atoms with E-state index in [-0.39, 0.29) is 17.5 Å². The number of carbonyl (C=O) groups excluding carboxylic acids is 2. The van der Waals surface area contributed by atoms with E-state index in [1.165, 1.54) is 11.0 Å². The molecule has 1 heterocycles. The molecule has 6 heteroatoms. The van der Waals surface area contributed by atoms with Crippen molar-refractivity contribution in [2.24, 2.45) is 0 Å². The van der Waals surface area contributed by atoms with Crippen molar-refractivity contribution in [1.82, 2.24) is 5.32 Å². The number of piperazine rings is 1. The number of rotatable bonds is 2. The van der Waals surface area contributed by atoms with E-state index in [1.54, 1.807) is 32.9 Å². The lowest BCUT2D eigenvalue weighted by Crippen LogP contribution is -2.68. The Labute approximate surface area is 125 Å². The van der Waals surface area contributed by atoms with Crippen LogP contribution in [0.1, 0.15) is 27.2 Å². The first kappa shape index (κ1) is 15.0. The van der Waals surface area contributed by atoms with E-state index in [0.717, 1.165) is 0 Å². The molecule has 1 unspecified atom stereocenters. The van der Waals surface area contributed by atoms with Gasteiger partial charge in [-0.3, -0.25) is 14.5 Å². The highest BCUT2D eigenvalue weighted by atomic mass is 79.9. The van der Waals surface area contributed by atoms with Crippen molar-refractivity contribution >= 4 is 33.4 Å². The summed E-state index contributed by atoms with van der Waals surface area (Å²) >= 11 is 3.26. The number of nitrogens with one attached hydrogen (secondary N) is 1. The van der Waals surface area contributed by atoms with E-state index < -0.39 is 17.4 Å². The van der Waals surface area contributed by atoms with E-state index in [1.807, 2.05) is 0 Å². The average molecular weight is 343 g/mol. The summed E-state index contributed by atoms with van der Waals surface area (Å²) in [5, 5.41) is 2.68. The third-order valence-electron chi connectivity index (χ3n) is 3.37. The van der Waals surface area contributed by atoms with Crippen LogP contribution >= 0.6 is 15.9 Å². The van der Waals surface area contributed by atoms with Crippen molar-refractivity contribution in [3.63, 3.8) is 0 Å². The molecule has 1 aliphatic heterocycles. The van der Waals surface area contributed by atoms with Gasteiger partial charge in [0, 0.05) is 4.47 Å². The fourth-order valence-corrected chi connectivity index (χ4v) is 2.88. The number of halogens is 2. The van der Waals surface area contributed by atoms with E-state index in [0.29, 0.717) is 10.9 Å². The van der Waals surface area contributed by atoms with Crippen LogP contribution in [0.5, 0.6) is 0 Å². The Hall–Kier alpha value is -1.43. The minimum absolute atomic E-state index is 0.118. The fraction of sp³-hybridized carbons (Fsp3) is 0.429. The molecule has 1 aliphatic rings. The third kappa shape index (κ3) is 2.32. The van der Waals surface area contributed by atoms with Gasteiger partial charge in [0.25, 0.3) is 5.91 Å². The second-order valence-corrected chi connectivity index (χ2v) is 6.14. The lowest BCUT2D eigenvalue weighted by atomic mass is 9.95. The molecule has 4 nitrogen and oxygen atoms in total. The van der Waals surface area contributed by atoms with Crippen LogP contribution in [0.25, 0.3) is 0 Å². The van der Waals surface area contributed by atoms with Crippen LogP contribution in [-0.4, -0.2) is 23.4 Å². The standard InChI is InChI=1S/C14H16BrFN2O2/c1-4-10-12(19)17-14(2,3)13(20)18(10)11-8(15)6-5-7-9(11)16/h5-7,10H,4H2,1-3H3,(H,17,19). The maximum absolute atomic E-state index is 14.1. The summed E-state index contributed by atoms with van der Waals surface area (Å²) in [5.41, 5.74) is -0.933. The maximum atomic E-state index is 14.1. The minimum atomic E-state index is -1.05. The summed E-state index contributed by atoms with van der Waals surface area (Å²) in [7, 11) is 0. The van der Waals surface area contributed by atoms with Gasteiger partial charge in [0.15, 0.2) is 0 Å². The minimum Gasteiger partial charge on any atom is -0.340 e. The highest BCUT2D eigenvalue weighted by molar-refractivity contribution is 9.10. The number of amides is 2. The van der Waals surface area contributed by atoms with Crippen LogP contribution in [0.2, 0.25) is 0 Å². The summed E-state index contributed by atoms with van der Waals surface area (Å²) in [6.45, 7) is 5.01. The number of hydrogen-bond acceptors (Lipinski definition) is 2. The van der Waals surface area contributed by atoms with Gasteiger partial charge >= 0.3 is 0 Å². The molecule has 0 aliphatic carbocycles. The van der Waals surface area contributed by atoms with E-state index in [2.05, 4.69) is 21.2 Å². The highest BCUT2D eigenvalue weighted by Gasteiger charge is 2.46. The number of nitrogens with zero attached hydrogens (tertiary/aromatic N) is 1. The smallest absolute Gasteiger partial charge is 0.253 e. The zero-order chi connectivity index (χ0) is 15.1. The Balaban J connectivity index is 2.60. The number of benzene rings is 1. The molecule has 1 N–H and O–H groups in total. The van der Waals surface area contributed by atoms with Gasteiger partial charge in [0.2, 0.25) is 5.91 Å². The summed E-state index contributed by atoms with van der Waals surface area (Å²) < 4.78 is 14.6. The normalized spacial score (nSPS) is 21.9. The average Bonchev–Trinajstić information content (AvgIpc) is 2.34. The largest absolute Gasteiger partial charge is 0.340 e. The molecule has 1 saturated heterocycles. The molecule has 1 fully saturated rings. The first-order chi connectivity index (χ1) is 9.29. The molecular weight excluding hydrogens is 327 g/mol. The zero-order valence-corrected chi connectivity index (χ0v) is 13.1. The van der Waals surface area contributed by atoms with E-state index in [4.69, 9.17) is 0 Å². The van der Waals surface area contributed by atoms with Crippen molar-refractivity contribution in [2.75, 3.05) is 4.90 Å².